The van der Waals surface area contributed by atoms with E-state index in [1.54, 1.807) is 19.1 Å². The highest BCUT2D eigenvalue weighted by molar-refractivity contribution is 6.31. The van der Waals surface area contributed by atoms with Crippen LogP contribution in [0.3, 0.4) is 0 Å². The number of rotatable bonds is 11. The molecular weight excluding hydrogens is 552 g/mol. The van der Waals surface area contributed by atoms with Gasteiger partial charge in [0.1, 0.15) is 6.04 Å². The van der Waals surface area contributed by atoms with Crippen LogP contribution in [0.15, 0.2) is 59.5 Å². The van der Waals surface area contributed by atoms with Crippen molar-refractivity contribution < 1.29 is 34.4 Å². The van der Waals surface area contributed by atoms with Gasteiger partial charge in [-0.15, -0.1) is 0 Å². The zero-order chi connectivity index (χ0) is 30.5. The Morgan fingerprint density at radius 2 is 1.68 bits per heavy atom. The number of benzene rings is 2. The van der Waals surface area contributed by atoms with Crippen LogP contribution in [-0.2, 0) is 9.53 Å². The molecule has 1 unspecified atom stereocenters. The summed E-state index contributed by atoms with van der Waals surface area (Å²) in [7, 11) is 0. The predicted molar refractivity (Wildman–Crippen MR) is 155 cm³/mol. The Morgan fingerprint density at radius 3 is 2.27 bits per heavy atom. The molecule has 1 heterocycles. The van der Waals surface area contributed by atoms with E-state index >= 15 is 0 Å². The minimum Gasteiger partial charge on any atom is -0.415 e. The van der Waals surface area contributed by atoms with E-state index in [9.17, 15) is 29.7 Å². The Morgan fingerprint density at radius 1 is 1.02 bits per heavy atom. The second-order valence-corrected chi connectivity index (χ2v) is 11.0. The normalized spacial score (nSPS) is 12.6. The van der Waals surface area contributed by atoms with E-state index in [-0.39, 0.29) is 46.9 Å². The van der Waals surface area contributed by atoms with E-state index in [2.05, 4.69) is 5.32 Å². The van der Waals surface area contributed by atoms with Gasteiger partial charge in [0.2, 0.25) is 5.91 Å². The van der Waals surface area contributed by atoms with Crippen molar-refractivity contribution in [2.45, 2.75) is 65.3 Å². The molecule has 0 aliphatic heterocycles. The number of aromatic nitrogens is 1. The Kier molecular flexibility index (Phi) is 10.1. The van der Waals surface area contributed by atoms with Crippen LogP contribution >= 0.6 is 11.6 Å². The van der Waals surface area contributed by atoms with Gasteiger partial charge in [-0.3, -0.25) is 19.0 Å². The number of carbonyl (C=O) groups excluding carboxylic acids is 2. The van der Waals surface area contributed by atoms with Crippen LogP contribution in [0.2, 0.25) is 5.02 Å². The zero-order valence-corrected chi connectivity index (χ0v) is 24.4. The third-order valence-electron chi connectivity index (χ3n) is 6.07. The quantitative estimate of drug-likeness (QED) is 0.191. The molecule has 4 N–H and O–H groups in total. The first-order valence-corrected chi connectivity index (χ1v) is 13.4. The van der Waals surface area contributed by atoms with Crippen LogP contribution in [0.5, 0.6) is 5.75 Å². The lowest BCUT2D eigenvalue weighted by molar-refractivity contribution is -0.419. The second kappa shape index (κ2) is 13.0. The molecule has 0 spiro atoms. The summed E-state index contributed by atoms with van der Waals surface area (Å²) in [5.41, 5.74) is 0.645. The molecule has 1 amide bonds. The predicted octanol–water partition coefficient (Wildman–Crippen LogP) is 4.42. The van der Waals surface area contributed by atoms with Crippen molar-refractivity contribution in [3.63, 3.8) is 0 Å². The maximum atomic E-state index is 13.6. The molecule has 0 radical (unpaired) electrons. The van der Waals surface area contributed by atoms with E-state index < -0.39 is 35.0 Å². The number of anilines is 1. The molecule has 220 valence electrons. The SMILES string of the molecule is CCC(=O)c1ccc(Cl)cc1-c1cc(=O)n(C(CCOC(C)(C)C)C(=O)Nc2ccc(C)cc2)cc1OC(O)(O)O. The molecule has 1 aromatic heterocycles. The third kappa shape index (κ3) is 8.97. The van der Waals surface area contributed by atoms with Crippen LogP contribution in [0, 0.1) is 6.92 Å². The van der Waals surface area contributed by atoms with Gasteiger partial charge in [-0.2, -0.15) is 0 Å². The topological polar surface area (TPSA) is 147 Å². The number of ether oxygens (including phenoxy) is 2. The molecule has 10 nitrogen and oxygen atoms in total. The van der Waals surface area contributed by atoms with E-state index in [4.69, 9.17) is 21.1 Å². The number of pyridine rings is 1. The first-order chi connectivity index (χ1) is 19.1. The van der Waals surface area contributed by atoms with E-state index in [1.807, 2.05) is 39.8 Å². The lowest BCUT2D eigenvalue weighted by Crippen LogP contribution is -2.37. The highest BCUT2D eigenvalue weighted by atomic mass is 35.5. The molecule has 41 heavy (non-hydrogen) atoms. The highest BCUT2D eigenvalue weighted by Crippen LogP contribution is 2.35. The maximum Gasteiger partial charge on any atom is 0.453 e. The van der Waals surface area contributed by atoms with E-state index in [1.165, 1.54) is 18.2 Å². The number of nitrogens with one attached hydrogen (secondary N) is 1. The summed E-state index contributed by atoms with van der Waals surface area (Å²) in [4.78, 5) is 39.7. The first kappa shape index (κ1) is 32.0. The van der Waals surface area contributed by atoms with Crippen LogP contribution < -0.4 is 15.6 Å². The zero-order valence-electron chi connectivity index (χ0n) is 23.6. The van der Waals surface area contributed by atoms with Gasteiger partial charge >= 0.3 is 6.16 Å². The van der Waals surface area contributed by atoms with Crippen molar-refractivity contribution in [2.24, 2.45) is 0 Å². The summed E-state index contributed by atoms with van der Waals surface area (Å²) in [6, 6.07) is 11.4. The number of Topliss-reactive ketones (excluding diaryl/α,β-unsaturated/α-hetero) is 1. The van der Waals surface area contributed by atoms with Crippen LogP contribution in [0.4, 0.5) is 5.69 Å². The van der Waals surface area contributed by atoms with Gasteiger partial charge in [0.15, 0.2) is 11.5 Å². The number of carbonyl (C=O) groups is 2. The van der Waals surface area contributed by atoms with Crippen molar-refractivity contribution in [1.82, 2.24) is 4.57 Å². The number of hydrogen-bond acceptors (Lipinski definition) is 8. The average molecular weight is 587 g/mol. The second-order valence-electron chi connectivity index (χ2n) is 10.6. The summed E-state index contributed by atoms with van der Waals surface area (Å²) in [6.45, 7) is 9.23. The molecular formula is C30H35ClN2O8. The van der Waals surface area contributed by atoms with Crippen LogP contribution in [0.25, 0.3) is 11.1 Å². The number of halogens is 1. The number of aliphatic hydroxyl groups is 3. The Labute approximate surface area is 243 Å². The van der Waals surface area contributed by atoms with Crippen molar-refractivity contribution in [1.29, 1.82) is 0 Å². The van der Waals surface area contributed by atoms with Gasteiger partial charge in [-0.1, -0.05) is 36.2 Å². The van der Waals surface area contributed by atoms with Crippen LogP contribution in [0.1, 0.15) is 62.5 Å². The molecule has 11 heteroatoms. The molecule has 0 fully saturated rings. The first-order valence-electron chi connectivity index (χ1n) is 13.0. The fraction of sp³-hybridized carbons (Fsp3) is 0.367. The maximum absolute atomic E-state index is 13.6. The van der Waals surface area contributed by atoms with Gasteiger partial charge < -0.3 is 30.1 Å². The Bertz CT molecular complexity index is 1450. The smallest absolute Gasteiger partial charge is 0.415 e. The minimum absolute atomic E-state index is 0.0456. The lowest BCUT2D eigenvalue weighted by Gasteiger charge is -2.25. The lowest BCUT2D eigenvalue weighted by atomic mass is 9.96. The van der Waals surface area contributed by atoms with Crippen LogP contribution in [-0.4, -0.2) is 49.9 Å². The van der Waals surface area contributed by atoms with Gasteiger partial charge in [0.05, 0.1) is 11.8 Å². The fourth-order valence-corrected chi connectivity index (χ4v) is 4.29. The number of ketones is 1. The van der Waals surface area contributed by atoms with E-state index in [0.29, 0.717) is 5.69 Å². The molecule has 3 rings (SSSR count). The standard InChI is InChI=1S/C30H35ClN2O8/c1-6-25(34)21-12-9-19(31)15-22(21)23-16-27(35)33(17-26(23)41-30(37,38)39)24(13-14-40-29(3,4)5)28(36)32-20-10-7-18(2)8-11-20/h7-12,15-17,24,37-39H,6,13-14H2,1-5H3,(H,32,36). The highest BCUT2D eigenvalue weighted by Gasteiger charge is 2.29. The molecule has 0 aliphatic carbocycles. The fourth-order valence-electron chi connectivity index (χ4n) is 4.12. The largest absolute Gasteiger partial charge is 0.453 e. The molecule has 0 saturated carbocycles. The molecule has 3 aromatic rings. The molecule has 0 aliphatic rings. The average Bonchev–Trinajstić information content (AvgIpc) is 2.87. The molecule has 2 aromatic carbocycles. The summed E-state index contributed by atoms with van der Waals surface area (Å²) in [5, 5.41) is 32.1. The van der Waals surface area contributed by atoms with Crippen molar-refractivity contribution in [3.8, 4) is 16.9 Å². The van der Waals surface area contributed by atoms with Crippen molar-refractivity contribution in [2.75, 3.05) is 11.9 Å². The van der Waals surface area contributed by atoms with Gasteiger partial charge in [0, 0.05) is 47.4 Å². The monoisotopic (exact) mass is 586 g/mol. The van der Waals surface area contributed by atoms with Crippen molar-refractivity contribution >= 4 is 29.0 Å². The third-order valence-corrected chi connectivity index (χ3v) is 6.30. The molecule has 0 saturated heterocycles. The van der Waals surface area contributed by atoms with Crippen molar-refractivity contribution in [3.05, 3.63) is 81.2 Å². The van der Waals surface area contributed by atoms with Gasteiger partial charge in [0.25, 0.3) is 5.56 Å². The van der Waals surface area contributed by atoms with Gasteiger partial charge in [-0.25, -0.2) is 0 Å². The minimum atomic E-state index is -3.64. The molecule has 1 atom stereocenters. The summed E-state index contributed by atoms with van der Waals surface area (Å²) in [6.07, 6.45) is -2.36. The van der Waals surface area contributed by atoms with Gasteiger partial charge in [-0.05, 0) is 63.6 Å². The van der Waals surface area contributed by atoms with E-state index in [0.717, 1.165) is 22.4 Å². The summed E-state index contributed by atoms with van der Waals surface area (Å²) in [5.74, 6) is -1.21. The molecule has 0 bridgehead atoms. The number of amides is 1. The Balaban J connectivity index is 2.17. The number of aryl methyl sites for hydroxylation is 1. The number of nitrogens with zero attached hydrogens (tertiary/aromatic N) is 1. The number of hydrogen-bond donors (Lipinski definition) is 4. The summed E-state index contributed by atoms with van der Waals surface area (Å²) >= 11 is 6.19. The Hall–Kier alpha value is -3.54. The summed E-state index contributed by atoms with van der Waals surface area (Å²) < 4.78 is 11.9.